The van der Waals surface area contributed by atoms with Crippen LogP contribution in [0.3, 0.4) is 0 Å². The minimum Gasteiger partial charge on any atom is -0.497 e. The van der Waals surface area contributed by atoms with Gasteiger partial charge in [-0.1, -0.05) is 11.6 Å². The second-order valence-corrected chi connectivity index (χ2v) is 6.36. The zero-order valence-corrected chi connectivity index (χ0v) is 17.9. The standard InChI is InChI=1S/C20H22ClN3O6/c1-11(25)18(24-23-15-7-6-13(27-2)10-16(15)28-3)20(26)22-12-8-14(21)19(30-5)17(9-12)29-4/h6-10,18H,1-5H3,(H,22,26). The molecule has 1 atom stereocenters. The third-order valence-electron chi connectivity index (χ3n) is 4.00. The maximum atomic E-state index is 12.6. The van der Waals surface area contributed by atoms with Gasteiger partial charge in [0.15, 0.2) is 17.3 Å². The zero-order valence-electron chi connectivity index (χ0n) is 17.2. The number of carbonyl (C=O) groups excluding carboxylic acids is 2. The minimum absolute atomic E-state index is 0.233. The SMILES string of the molecule is COc1ccc(N=NC(C(C)=O)C(=O)Nc2cc(Cl)c(OC)c(OC)c2)c(OC)c1. The maximum absolute atomic E-state index is 12.6. The van der Waals surface area contributed by atoms with Gasteiger partial charge < -0.3 is 24.3 Å². The van der Waals surface area contributed by atoms with Gasteiger partial charge >= 0.3 is 0 Å². The monoisotopic (exact) mass is 435 g/mol. The number of anilines is 1. The Labute approximate surface area is 178 Å². The Morgan fingerprint density at radius 1 is 0.967 bits per heavy atom. The smallest absolute Gasteiger partial charge is 0.258 e. The van der Waals surface area contributed by atoms with Gasteiger partial charge in [-0.05, 0) is 25.1 Å². The lowest BCUT2D eigenvalue weighted by atomic mass is 10.2. The highest BCUT2D eigenvalue weighted by atomic mass is 35.5. The average Bonchev–Trinajstić information content (AvgIpc) is 2.73. The number of nitrogens with zero attached hydrogens (tertiary/aromatic N) is 2. The number of halogens is 1. The van der Waals surface area contributed by atoms with Gasteiger partial charge in [-0.15, -0.1) is 0 Å². The summed E-state index contributed by atoms with van der Waals surface area (Å²) in [4.78, 5) is 24.6. The fourth-order valence-corrected chi connectivity index (χ4v) is 2.79. The van der Waals surface area contributed by atoms with Crippen molar-refractivity contribution in [1.29, 1.82) is 0 Å². The molecule has 0 aliphatic carbocycles. The Balaban J connectivity index is 2.27. The number of carbonyl (C=O) groups is 2. The second-order valence-electron chi connectivity index (χ2n) is 5.95. The first kappa shape index (κ1) is 23.0. The molecule has 0 aliphatic heterocycles. The van der Waals surface area contributed by atoms with Crippen LogP contribution >= 0.6 is 11.6 Å². The van der Waals surface area contributed by atoms with Crippen LogP contribution in [0.1, 0.15) is 6.92 Å². The van der Waals surface area contributed by atoms with E-state index >= 15 is 0 Å². The van der Waals surface area contributed by atoms with E-state index < -0.39 is 17.7 Å². The van der Waals surface area contributed by atoms with Gasteiger partial charge in [0, 0.05) is 17.8 Å². The number of methoxy groups -OCH3 is 4. The van der Waals surface area contributed by atoms with E-state index in [1.54, 1.807) is 18.2 Å². The molecule has 9 nitrogen and oxygen atoms in total. The minimum atomic E-state index is -1.37. The van der Waals surface area contributed by atoms with E-state index in [1.165, 1.54) is 47.5 Å². The maximum Gasteiger partial charge on any atom is 0.258 e. The van der Waals surface area contributed by atoms with Crippen molar-refractivity contribution in [3.8, 4) is 23.0 Å². The van der Waals surface area contributed by atoms with E-state index in [9.17, 15) is 9.59 Å². The van der Waals surface area contributed by atoms with Gasteiger partial charge in [-0.25, -0.2) is 0 Å². The van der Waals surface area contributed by atoms with Crippen LogP contribution in [0.15, 0.2) is 40.6 Å². The predicted octanol–water partition coefficient (Wildman–Crippen LogP) is 4.05. The fraction of sp³-hybridized carbons (Fsp3) is 0.300. The van der Waals surface area contributed by atoms with Crippen molar-refractivity contribution < 1.29 is 28.5 Å². The van der Waals surface area contributed by atoms with Crippen LogP contribution in [0, 0.1) is 0 Å². The summed E-state index contributed by atoms with van der Waals surface area (Å²) in [6, 6.07) is 6.49. The van der Waals surface area contributed by atoms with Crippen LogP contribution in [0.4, 0.5) is 11.4 Å². The molecule has 160 valence electrons. The third kappa shape index (κ3) is 5.38. The average molecular weight is 436 g/mol. The molecule has 0 spiro atoms. The van der Waals surface area contributed by atoms with Crippen LogP contribution < -0.4 is 24.3 Å². The molecule has 0 fully saturated rings. The van der Waals surface area contributed by atoms with E-state index in [-0.39, 0.29) is 5.02 Å². The van der Waals surface area contributed by atoms with Crippen LogP contribution in [0.5, 0.6) is 23.0 Å². The summed E-state index contributed by atoms with van der Waals surface area (Å²) < 4.78 is 20.7. The summed E-state index contributed by atoms with van der Waals surface area (Å²) in [5.74, 6) is 0.428. The molecule has 1 unspecified atom stereocenters. The summed E-state index contributed by atoms with van der Waals surface area (Å²) >= 11 is 6.15. The first-order valence-electron chi connectivity index (χ1n) is 8.70. The number of hydrogen-bond acceptors (Lipinski definition) is 8. The van der Waals surface area contributed by atoms with Gasteiger partial charge in [0.05, 0.1) is 33.5 Å². The van der Waals surface area contributed by atoms with E-state index in [2.05, 4.69) is 15.5 Å². The third-order valence-corrected chi connectivity index (χ3v) is 4.28. The fourth-order valence-electron chi connectivity index (χ4n) is 2.51. The molecule has 2 aromatic rings. The number of azo groups is 1. The first-order valence-corrected chi connectivity index (χ1v) is 9.08. The Morgan fingerprint density at radius 2 is 1.67 bits per heavy atom. The molecule has 0 saturated heterocycles. The predicted molar refractivity (Wildman–Crippen MR) is 112 cm³/mol. The Bertz CT molecular complexity index is 964. The molecular formula is C20H22ClN3O6. The number of rotatable bonds is 9. The number of Topliss-reactive ketones (excluding diaryl/α,β-unsaturated/α-hetero) is 1. The lowest BCUT2D eigenvalue weighted by Gasteiger charge is -2.14. The molecular weight excluding hydrogens is 414 g/mol. The summed E-state index contributed by atoms with van der Waals surface area (Å²) in [5, 5.41) is 10.7. The number of hydrogen-bond donors (Lipinski definition) is 1. The van der Waals surface area contributed by atoms with Crippen LogP contribution in [-0.4, -0.2) is 46.2 Å². The number of benzene rings is 2. The molecule has 2 rings (SSSR count). The molecule has 30 heavy (non-hydrogen) atoms. The van der Waals surface area contributed by atoms with Crippen molar-refractivity contribution in [3.05, 3.63) is 35.4 Å². The number of ether oxygens (including phenoxy) is 4. The lowest BCUT2D eigenvalue weighted by Crippen LogP contribution is -2.31. The van der Waals surface area contributed by atoms with Crippen molar-refractivity contribution >= 4 is 34.7 Å². The van der Waals surface area contributed by atoms with Gasteiger partial charge in [-0.3, -0.25) is 9.59 Å². The van der Waals surface area contributed by atoms with Gasteiger partial charge in [0.25, 0.3) is 5.91 Å². The number of ketones is 1. The molecule has 10 heteroatoms. The molecule has 0 bridgehead atoms. The van der Waals surface area contributed by atoms with E-state index in [4.69, 9.17) is 30.5 Å². The number of amides is 1. The lowest BCUT2D eigenvalue weighted by molar-refractivity contribution is -0.126. The van der Waals surface area contributed by atoms with Crippen molar-refractivity contribution in [1.82, 2.24) is 0 Å². The number of nitrogens with one attached hydrogen (secondary N) is 1. The van der Waals surface area contributed by atoms with Gasteiger partial charge in [0.1, 0.15) is 17.2 Å². The quantitative estimate of drug-likeness (QED) is 0.470. The molecule has 0 saturated carbocycles. The van der Waals surface area contributed by atoms with E-state index in [0.717, 1.165) is 0 Å². The van der Waals surface area contributed by atoms with Crippen molar-refractivity contribution in [2.24, 2.45) is 10.2 Å². The molecule has 0 aliphatic rings. The Hall–Kier alpha value is -3.33. The molecule has 0 radical (unpaired) electrons. The molecule has 1 N–H and O–H groups in total. The second kappa shape index (κ2) is 10.4. The van der Waals surface area contributed by atoms with E-state index in [1.807, 2.05) is 0 Å². The summed E-state index contributed by atoms with van der Waals surface area (Å²) in [6.45, 7) is 1.25. The zero-order chi connectivity index (χ0) is 22.3. The van der Waals surface area contributed by atoms with Crippen LogP contribution in [-0.2, 0) is 9.59 Å². The largest absolute Gasteiger partial charge is 0.497 e. The normalized spacial score (nSPS) is 11.7. The molecule has 2 aromatic carbocycles. The Morgan fingerprint density at radius 3 is 2.23 bits per heavy atom. The van der Waals surface area contributed by atoms with Crippen molar-refractivity contribution in [2.75, 3.05) is 33.8 Å². The van der Waals surface area contributed by atoms with Crippen molar-refractivity contribution in [3.63, 3.8) is 0 Å². The molecule has 0 heterocycles. The van der Waals surface area contributed by atoms with Crippen LogP contribution in [0.25, 0.3) is 0 Å². The summed E-state index contributed by atoms with van der Waals surface area (Å²) in [5.41, 5.74) is 0.651. The van der Waals surface area contributed by atoms with Crippen molar-refractivity contribution in [2.45, 2.75) is 13.0 Å². The topological polar surface area (TPSA) is 108 Å². The first-order chi connectivity index (χ1) is 14.3. The summed E-state index contributed by atoms with van der Waals surface area (Å²) in [6.07, 6.45) is 0. The van der Waals surface area contributed by atoms with Gasteiger partial charge in [0.2, 0.25) is 6.04 Å². The highest BCUT2D eigenvalue weighted by Crippen LogP contribution is 2.38. The highest BCUT2D eigenvalue weighted by molar-refractivity contribution is 6.32. The molecule has 0 aromatic heterocycles. The summed E-state index contributed by atoms with van der Waals surface area (Å²) in [7, 11) is 5.87. The van der Waals surface area contributed by atoms with Crippen LogP contribution in [0.2, 0.25) is 5.02 Å². The molecule has 1 amide bonds. The van der Waals surface area contributed by atoms with E-state index in [0.29, 0.717) is 34.4 Å². The highest BCUT2D eigenvalue weighted by Gasteiger charge is 2.24. The Kier molecular flexibility index (Phi) is 7.99. The van der Waals surface area contributed by atoms with Gasteiger partial charge in [-0.2, -0.15) is 10.2 Å².